The van der Waals surface area contributed by atoms with Gasteiger partial charge in [-0.2, -0.15) is 5.10 Å². The summed E-state index contributed by atoms with van der Waals surface area (Å²) in [5, 5.41) is 18.3. The summed E-state index contributed by atoms with van der Waals surface area (Å²) in [6, 6.07) is 11.6. The van der Waals surface area contributed by atoms with Gasteiger partial charge in [0.1, 0.15) is 5.82 Å². The second-order valence-corrected chi connectivity index (χ2v) is 9.33. The van der Waals surface area contributed by atoms with E-state index < -0.39 is 20.7 Å². The molecular formula is C20H18N4O5S. The van der Waals surface area contributed by atoms with Crippen molar-refractivity contribution in [2.24, 2.45) is 0 Å². The number of hydrogen-bond acceptors (Lipinski definition) is 6. The van der Waals surface area contributed by atoms with E-state index in [0.717, 1.165) is 5.56 Å². The van der Waals surface area contributed by atoms with Crippen LogP contribution in [-0.2, 0) is 21.3 Å². The van der Waals surface area contributed by atoms with Crippen molar-refractivity contribution in [2.45, 2.75) is 25.4 Å². The topological polar surface area (TPSA) is 124 Å². The standard InChI is InChI=1S/C20H18N4O5S/c1-12-3-7-15(8-4-12)23-19(16-10-30(28,29)11-17(16)22-23)21-20(25)14-6-5-13(2)18(9-14)24(26)27/h3-9H,10-11H2,1-2H3,(H,21,25). The first-order chi connectivity index (χ1) is 14.1. The maximum Gasteiger partial charge on any atom is 0.273 e. The Morgan fingerprint density at radius 2 is 1.83 bits per heavy atom. The monoisotopic (exact) mass is 426 g/mol. The Bertz CT molecular complexity index is 1290. The lowest BCUT2D eigenvalue weighted by Crippen LogP contribution is -2.17. The number of nitro benzene ring substituents is 1. The van der Waals surface area contributed by atoms with Gasteiger partial charge in [-0.15, -0.1) is 0 Å². The van der Waals surface area contributed by atoms with Gasteiger partial charge in [0.15, 0.2) is 9.84 Å². The highest BCUT2D eigenvalue weighted by atomic mass is 32.2. The molecule has 30 heavy (non-hydrogen) atoms. The van der Waals surface area contributed by atoms with E-state index in [9.17, 15) is 23.3 Å². The van der Waals surface area contributed by atoms with Gasteiger partial charge in [0.25, 0.3) is 11.6 Å². The lowest BCUT2D eigenvalue weighted by molar-refractivity contribution is -0.385. The molecule has 0 atom stereocenters. The van der Waals surface area contributed by atoms with E-state index in [2.05, 4.69) is 10.4 Å². The Morgan fingerprint density at radius 3 is 2.50 bits per heavy atom. The Hall–Kier alpha value is -3.53. The molecule has 9 nitrogen and oxygen atoms in total. The predicted molar refractivity (Wildman–Crippen MR) is 110 cm³/mol. The molecule has 2 heterocycles. The molecule has 1 aliphatic heterocycles. The third-order valence-corrected chi connectivity index (χ3v) is 6.41. The number of aromatic nitrogens is 2. The molecule has 0 spiro atoms. The van der Waals surface area contributed by atoms with E-state index in [1.807, 2.05) is 31.2 Å². The molecule has 10 heteroatoms. The van der Waals surface area contributed by atoms with Crippen LogP contribution in [0.1, 0.15) is 32.7 Å². The molecule has 1 amide bonds. The summed E-state index contributed by atoms with van der Waals surface area (Å²) >= 11 is 0. The third kappa shape index (κ3) is 3.57. The van der Waals surface area contributed by atoms with Crippen LogP contribution in [0, 0.1) is 24.0 Å². The number of fused-ring (bicyclic) bond motifs is 1. The average Bonchev–Trinajstić information content (AvgIpc) is 3.15. The molecule has 0 radical (unpaired) electrons. The second kappa shape index (κ2) is 7.06. The summed E-state index contributed by atoms with van der Waals surface area (Å²) in [6.07, 6.45) is 0. The van der Waals surface area contributed by atoms with Gasteiger partial charge < -0.3 is 5.32 Å². The van der Waals surface area contributed by atoms with Crippen LogP contribution in [0.15, 0.2) is 42.5 Å². The molecule has 0 fully saturated rings. The van der Waals surface area contributed by atoms with Crippen LogP contribution in [0.4, 0.5) is 11.5 Å². The minimum absolute atomic E-state index is 0.0959. The highest BCUT2D eigenvalue weighted by molar-refractivity contribution is 7.90. The first kappa shape index (κ1) is 19.8. The molecule has 0 unspecified atom stereocenters. The van der Waals surface area contributed by atoms with Crippen LogP contribution in [-0.4, -0.2) is 29.0 Å². The molecule has 2 aromatic carbocycles. The van der Waals surface area contributed by atoms with Crippen molar-refractivity contribution in [1.29, 1.82) is 0 Å². The van der Waals surface area contributed by atoms with Gasteiger partial charge in [-0.3, -0.25) is 14.9 Å². The minimum Gasteiger partial charge on any atom is -0.306 e. The van der Waals surface area contributed by atoms with Crippen molar-refractivity contribution in [3.8, 4) is 5.69 Å². The van der Waals surface area contributed by atoms with E-state index in [1.54, 1.807) is 6.92 Å². The number of nitro groups is 1. The fourth-order valence-electron chi connectivity index (χ4n) is 3.37. The van der Waals surface area contributed by atoms with E-state index in [0.29, 0.717) is 22.5 Å². The first-order valence-electron chi connectivity index (χ1n) is 9.09. The SMILES string of the molecule is Cc1ccc(-n2nc3c(c2NC(=O)c2ccc(C)c([N+](=O)[O-])c2)CS(=O)(=O)C3)cc1. The zero-order chi connectivity index (χ0) is 21.6. The van der Waals surface area contributed by atoms with Gasteiger partial charge >= 0.3 is 0 Å². The normalized spacial score (nSPS) is 14.3. The van der Waals surface area contributed by atoms with Crippen LogP contribution in [0.2, 0.25) is 0 Å². The van der Waals surface area contributed by atoms with Crippen molar-refractivity contribution in [1.82, 2.24) is 9.78 Å². The molecule has 0 saturated heterocycles. The van der Waals surface area contributed by atoms with Crippen LogP contribution < -0.4 is 5.32 Å². The van der Waals surface area contributed by atoms with E-state index in [-0.39, 0.29) is 28.6 Å². The number of amides is 1. The molecule has 0 aliphatic carbocycles. The van der Waals surface area contributed by atoms with Crippen molar-refractivity contribution in [3.63, 3.8) is 0 Å². The Morgan fingerprint density at radius 1 is 1.13 bits per heavy atom. The van der Waals surface area contributed by atoms with Crippen LogP contribution in [0.3, 0.4) is 0 Å². The molecule has 1 N–H and O–H groups in total. The van der Waals surface area contributed by atoms with Crippen molar-refractivity contribution in [2.75, 3.05) is 5.32 Å². The summed E-state index contributed by atoms with van der Waals surface area (Å²) in [7, 11) is -3.33. The van der Waals surface area contributed by atoms with Crippen LogP contribution in [0.25, 0.3) is 5.69 Å². The molecule has 1 aromatic heterocycles. The first-order valence-corrected chi connectivity index (χ1v) is 10.9. The number of rotatable bonds is 4. The Balaban J connectivity index is 1.77. The molecule has 1 aliphatic rings. The third-order valence-electron chi connectivity index (χ3n) is 4.97. The number of sulfone groups is 1. The van der Waals surface area contributed by atoms with Gasteiger partial charge in [0, 0.05) is 22.8 Å². The molecule has 154 valence electrons. The number of carbonyl (C=O) groups excluding carboxylic acids is 1. The smallest absolute Gasteiger partial charge is 0.273 e. The Kier molecular flexibility index (Phi) is 4.65. The van der Waals surface area contributed by atoms with Gasteiger partial charge in [0.2, 0.25) is 0 Å². The van der Waals surface area contributed by atoms with Gasteiger partial charge in [-0.1, -0.05) is 23.8 Å². The number of aryl methyl sites for hydroxylation is 2. The van der Waals surface area contributed by atoms with Crippen LogP contribution >= 0.6 is 0 Å². The quantitative estimate of drug-likeness (QED) is 0.505. The highest BCUT2D eigenvalue weighted by Crippen LogP contribution is 2.33. The van der Waals surface area contributed by atoms with Gasteiger partial charge in [-0.25, -0.2) is 13.1 Å². The number of benzene rings is 2. The summed E-state index contributed by atoms with van der Waals surface area (Å²) < 4.78 is 25.6. The summed E-state index contributed by atoms with van der Waals surface area (Å²) in [5.74, 6) is -0.751. The van der Waals surface area contributed by atoms with Crippen molar-refractivity contribution in [3.05, 3.63) is 80.5 Å². The zero-order valence-corrected chi connectivity index (χ0v) is 17.1. The molecule has 3 aromatic rings. The number of anilines is 1. The number of hydrogen-bond donors (Lipinski definition) is 1. The number of nitrogens with zero attached hydrogens (tertiary/aromatic N) is 3. The lowest BCUT2D eigenvalue weighted by atomic mass is 10.1. The van der Waals surface area contributed by atoms with Gasteiger partial charge in [-0.05, 0) is 32.0 Å². The minimum atomic E-state index is -3.33. The maximum absolute atomic E-state index is 12.9. The lowest BCUT2D eigenvalue weighted by Gasteiger charge is -2.12. The predicted octanol–water partition coefficient (Wildman–Crippen LogP) is 3.08. The number of nitrogens with one attached hydrogen (secondary N) is 1. The average molecular weight is 426 g/mol. The van der Waals surface area contributed by atoms with Gasteiger partial charge in [0.05, 0.1) is 27.8 Å². The Labute approximate surface area is 172 Å². The fraction of sp³-hybridized carbons (Fsp3) is 0.200. The molecule has 0 saturated carbocycles. The van der Waals surface area contributed by atoms with E-state index >= 15 is 0 Å². The summed E-state index contributed by atoms with van der Waals surface area (Å²) in [6.45, 7) is 3.52. The van der Waals surface area contributed by atoms with Crippen LogP contribution in [0.5, 0.6) is 0 Å². The van der Waals surface area contributed by atoms with Crippen molar-refractivity contribution >= 4 is 27.2 Å². The summed E-state index contributed by atoms with van der Waals surface area (Å²) in [4.78, 5) is 23.5. The molecule has 0 bridgehead atoms. The van der Waals surface area contributed by atoms with Crippen molar-refractivity contribution < 1.29 is 18.1 Å². The second-order valence-electron chi connectivity index (χ2n) is 7.27. The molecule has 4 rings (SSSR count). The van der Waals surface area contributed by atoms with E-state index in [4.69, 9.17) is 0 Å². The number of carbonyl (C=O) groups is 1. The summed E-state index contributed by atoms with van der Waals surface area (Å²) in [5.41, 5.74) is 2.90. The highest BCUT2D eigenvalue weighted by Gasteiger charge is 2.33. The fourth-order valence-corrected chi connectivity index (χ4v) is 4.86. The molecular weight excluding hydrogens is 408 g/mol. The largest absolute Gasteiger partial charge is 0.306 e. The maximum atomic E-state index is 12.9. The van der Waals surface area contributed by atoms with E-state index in [1.165, 1.54) is 22.9 Å². The zero-order valence-electron chi connectivity index (χ0n) is 16.2.